The lowest BCUT2D eigenvalue weighted by Gasteiger charge is -2.16. The standard InChI is InChI=1S/C25H26N2O7S/c1-31-20-10-9-17(12-21(20)32-2)24-26-18(15-35-24)13-23(29)34-14-22(28)27-19(25(30)33-3)11-16-7-5-4-6-8-16/h4-10,12,15,19H,11,13-14H2,1-3H3,(H,27,28). The van der Waals surface area contributed by atoms with Gasteiger partial charge in [0.15, 0.2) is 18.1 Å². The van der Waals surface area contributed by atoms with Gasteiger partial charge in [0.25, 0.3) is 5.91 Å². The van der Waals surface area contributed by atoms with Crippen LogP contribution in [0.4, 0.5) is 0 Å². The molecule has 184 valence electrons. The molecule has 0 aliphatic heterocycles. The third-order valence-electron chi connectivity index (χ3n) is 4.98. The summed E-state index contributed by atoms with van der Waals surface area (Å²) in [6, 6.07) is 13.7. The summed E-state index contributed by atoms with van der Waals surface area (Å²) in [6.45, 7) is -0.520. The van der Waals surface area contributed by atoms with Crippen LogP contribution in [-0.2, 0) is 36.7 Å². The third-order valence-corrected chi connectivity index (χ3v) is 5.92. The Morgan fingerprint density at radius 2 is 1.74 bits per heavy atom. The van der Waals surface area contributed by atoms with E-state index in [0.717, 1.165) is 11.1 Å². The van der Waals surface area contributed by atoms with Crippen molar-refractivity contribution < 1.29 is 33.3 Å². The molecule has 0 aliphatic rings. The zero-order valence-corrected chi connectivity index (χ0v) is 20.4. The zero-order valence-electron chi connectivity index (χ0n) is 19.6. The van der Waals surface area contributed by atoms with Crippen LogP contribution in [0.25, 0.3) is 10.6 Å². The highest BCUT2D eigenvalue weighted by Crippen LogP contribution is 2.33. The van der Waals surface area contributed by atoms with Crippen LogP contribution in [0.15, 0.2) is 53.9 Å². The minimum Gasteiger partial charge on any atom is -0.493 e. The minimum atomic E-state index is -0.892. The molecule has 1 N–H and O–H groups in total. The Hall–Kier alpha value is -3.92. The quantitative estimate of drug-likeness (QED) is 0.402. The maximum absolute atomic E-state index is 12.3. The lowest BCUT2D eigenvalue weighted by Crippen LogP contribution is -2.44. The monoisotopic (exact) mass is 498 g/mol. The molecule has 0 fully saturated rings. The fourth-order valence-electron chi connectivity index (χ4n) is 3.26. The maximum Gasteiger partial charge on any atom is 0.328 e. The molecular weight excluding hydrogens is 472 g/mol. The number of methoxy groups -OCH3 is 3. The summed E-state index contributed by atoms with van der Waals surface area (Å²) in [7, 11) is 4.36. The Kier molecular flexibility index (Phi) is 9.19. The van der Waals surface area contributed by atoms with E-state index in [2.05, 4.69) is 10.3 Å². The number of amides is 1. The van der Waals surface area contributed by atoms with Crippen molar-refractivity contribution in [3.8, 4) is 22.1 Å². The van der Waals surface area contributed by atoms with Gasteiger partial charge in [-0.2, -0.15) is 0 Å². The smallest absolute Gasteiger partial charge is 0.328 e. The number of carbonyl (C=O) groups is 3. The second-order valence-corrected chi connectivity index (χ2v) is 8.24. The molecule has 0 radical (unpaired) electrons. The first-order valence-electron chi connectivity index (χ1n) is 10.7. The molecule has 35 heavy (non-hydrogen) atoms. The number of thiazole rings is 1. The number of rotatable bonds is 11. The van der Waals surface area contributed by atoms with Gasteiger partial charge in [0.2, 0.25) is 0 Å². The molecule has 3 rings (SSSR count). The number of nitrogens with one attached hydrogen (secondary N) is 1. The van der Waals surface area contributed by atoms with Crippen LogP contribution in [-0.4, -0.2) is 56.8 Å². The molecule has 1 heterocycles. The van der Waals surface area contributed by atoms with Crippen LogP contribution >= 0.6 is 11.3 Å². The molecule has 10 heteroatoms. The molecule has 0 bridgehead atoms. The molecule has 3 aromatic rings. The largest absolute Gasteiger partial charge is 0.493 e. The van der Waals surface area contributed by atoms with E-state index in [1.165, 1.54) is 18.4 Å². The number of benzene rings is 2. The molecular formula is C25H26N2O7S. The summed E-state index contributed by atoms with van der Waals surface area (Å²) < 4.78 is 20.4. The van der Waals surface area contributed by atoms with Gasteiger partial charge in [-0.25, -0.2) is 9.78 Å². The Bertz CT molecular complexity index is 1160. The highest BCUT2D eigenvalue weighted by Gasteiger charge is 2.22. The van der Waals surface area contributed by atoms with Gasteiger partial charge in [0.1, 0.15) is 11.0 Å². The molecule has 0 saturated carbocycles. The van der Waals surface area contributed by atoms with Crippen molar-refractivity contribution >= 4 is 29.2 Å². The van der Waals surface area contributed by atoms with Gasteiger partial charge in [-0.05, 0) is 23.8 Å². The summed E-state index contributed by atoms with van der Waals surface area (Å²) in [6.07, 6.45) is 0.159. The number of hydrogen-bond acceptors (Lipinski definition) is 9. The molecule has 0 spiro atoms. The van der Waals surface area contributed by atoms with Crippen molar-refractivity contribution in [3.63, 3.8) is 0 Å². The molecule has 0 saturated heterocycles. The van der Waals surface area contributed by atoms with Crippen molar-refractivity contribution in [3.05, 3.63) is 65.2 Å². The fourth-order valence-corrected chi connectivity index (χ4v) is 4.07. The van der Waals surface area contributed by atoms with Crippen molar-refractivity contribution in [2.24, 2.45) is 0 Å². The second kappa shape index (κ2) is 12.5. The average Bonchev–Trinajstić information content (AvgIpc) is 3.35. The molecule has 1 unspecified atom stereocenters. The number of hydrogen-bond donors (Lipinski definition) is 1. The molecule has 2 aromatic carbocycles. The highest BCUT2D eigenvalue weighted by molar-refractivity contribution is 7.13. The topological polar surface area (TPSA) is 113 Å². The average molecular weight is 499 g/mol. The van der Waals surface area contributed by atoms with Crippen LogP contribution in [0.1, 0.15) is 11.3 Å². The Morgan fingerprint density at radius 1 is 1.00 bits per heavy atom. The molecule has 9 nitrogen and oxygen atoms in total. The Morgan fingerprint density at radius 3 is 2.43 bits per heavy atom. The van der Waals surface area contributed by atoms with Gasteiger partial charge in [0.05, 0.1) is 33.4 Å². The lowest BCUT2D eigenvalue weighted by atomic mass is 10.1. The number of nitrogens with zero attached hydrogens (tertiary/aromatic N) is 1. The van der Waals surface area contributed by atoms with Crippen LogP contribution in [0.3, 0.4) is 0 Å². The first-order valence-corrected chi connectivity index (χ1v) is 11.5. The lowest BCUT2D eigenvalue weighted by molar-refractivity contribution is -0.149. The van der Waals surface area contributed by atoms with E-state index < -0.39 is 30.5 Å². The Balaban J connectivity index is 1.53. The van der Waals surface area contributed by atoms with Gasteiger partial charge >= 0.3 is 11.9 Å². The van der Waals surface area contributed by atoms with Crippen molar-refractivity contribution in [1.82, 2.24) is 10.3 Å². The maximum atomic E-state index is 12.3. The Labute approximate surface area is 207 Å². The minimum absolute atomic E-state index is 0.0957. The summed E-state index contributed by atoms with van der Waals surface area (Å²) in [4.78, 5) is 41.1. The van der Waals surface area contributed by atoms with E-state index in [0.29, 0.717) is 22.2 Å². The van der Waals surface area contributed by atoms with E-state index in [-0.39, 0.29) is 12.8 Å². The van der Waals surface area contributed by atoms with Gasteiger partial charge in [-0.15, -0.1) is 11.3 Å². The van der Waals surface area contributed by atoms with E-state index in [1.54, 1.807) is 31.7 Å². The summed E-state index contributed by atoms with van der Waals surface area (Å²) in [5.74, 6) is -0.618. The van der Waals surface area contributed by atoms with Crippen LogP contribution in [0, 0.1) is 0 Å². The van der Waals surface area contributed by atoms with E-state index in [4.69, 9.17) is 18.9 Å². The number of aromatic nitrogens is 1. The second-order valence-electron chi connectivity index (χ2n) is 7.38. The van der Waals surface area contributed by atoms with Gasteiger partial charge in [0, 0.05) is 17.4 Å². The zero-order chi connectivity index (χ0) is 25.2. The number of carbonyl (C=O) groups excluding carboxylic acids is 3. The molecule has 1 aromatic heterocycles. The van der Waals surface area contributed by atoms with Crippen molar-refractivity contribution in [2.45, 2.75) is 18.9 Å². The van der Waals surface area contributed by atoms with E-state index in [1.807, 2.05) is 36.4 Å². The predicted molar refractivity (Wildman–Crippen MR) is 129 cm³/mol. The SMILES string of the molecule is COC(=O)C(Cc1ccccc1)NC(=O)COC(=O)Cc1csc(-c2ccc(OC)c(OC)c2)n1. The van der Waals surface area contributed by atoms with E-state index >= 15 is 0 Å². The highest BCUT2D eigenvalue weighted by atomic mass is 32.1. The van der Waals surface area contributed by atoms with Crippen molar-refractivity contribution in [2.75, 3.05) is 27.9 Å². The summed E-state index contributed by atoms with van der Waals surface area (Å²) in [5.41, 5.74) is 2.19. The number of ether oxygens (including phenoxy) is 4. The first-order chi connectivity index (χ1) is 16.9. The fraction of sp³-hybridized carbons (Fsp3) is 0.280. The third kappa shape index (κ3) is 7.28. The van der Waals surface area contributed by atoms with Crippen LogP contribution in [0.2, 0.25) is 0 Å². The number of esters is 2. The first kappa shape index (κ1) is 25.7. The van der Waals surface area contributed by atoms with Crippen LogP contribution in [0.5, 0.6) is 11.5 Å². The normalized spacial score (nSPS) is 11.3. The summed E-state index contributed by atoms with van der Waals surface area (Å²) in [5, 5.41) is 5.01. The predicted octanol–water partition coefficient (Wildman–Crippen LogP) is 2.81. The van der Waals surface area contributed by atoms with Gasteiger partial charge in [-0.1, -0.05) is 30.3 Å². The van der Waals surface area contributed by atoms with E-state index in [9.17, 15) is 14.4 Å². The molecule has 1 atom stereocenters. The van der Waals surface area contributed by atoms with Gasteiger partial charge in [-0.3, -0.25) is 9.59 Å². The van der Waals surface area contributed by atoms with Crippen LogP contribution < -0.4 is 14.8 Å². The van der Waals surface area contributed by atoms with Gasteiger partial charge < -0.3 is 24.3 Å². The van der Waals surface area contributed by atoms with Crippen molar-refractivity contribution in [1.29, 1.82) is 0 Å². The molecule has 1 amide bonds. The molecule has 0 aliphatic carbocycles. The summed E-state index contributed by atoms with van der Waals surface area (Å²) >= 11 is 1.37.